The van der Waals surface area contributed by atoms with Crippen molar-refractivity contribution in [3.8, 4) is 5.75 Å². The van der Waals surface area contributed by atoms with Crippen LogP contribution in [-0.4, -0.2) is 11.9 Å². The number of hydrogen-bond donors (Lipinski definition) is 0. The van der Waals surface area contributed by atoms with E-state index in [2.05, 4.69) is 72.1 Å². The van der Waals surface area contributed by atoms with E-state index in [4.69, 9.17) is 4.74 Å². The Morgan fingerprint density at radius 2 is 1.70 bits per heavy atom. The molecule has 0 saturated heterocycles. The van der Waals surface area contributed by atoms with Crippen molar-refractivity contribution < 1.29 is 4.74 Å². The Morgan fingerprint density at radius 3 is 2.35 bits per heavy atom. The molecule has 0 radical (unpaired) electrons. The highest BCUT2D eigenvalue weighted by Gasteiger charge is 2.10. The van der Waals surface area contributed by atoms with Crippen molar-refractivity contribution in [3.05, 3.63) is 63.0 Å². The molecular weight excluding hydrogens is 448 g/mol. The molecule has 0 fully saturated rings. The van der Waals surface area contributed by atoms with Crippen LogP contribution in [-0.2, 0) is 0 Å². The Kier molecular flexibility index (Phi) is 6.59. The molecule has 0 saturated carbocycles. The van der Waals surface area contributed by atoms with Gasteiger partial charge in [0.05, 0.1) is 6.61 Å². The van der Waals surface area contributed by atoms with Gasteiger partial charge in [-0.3, -0.25) is 0 Å². The van der Waals surface area contributed by atoms with Gasteiger partial charge in [0.2, 0.25) is 0 Å². The summed E-state index contributed by atoms with van der Waals surface area (Å²) in [5.41, 5.74) is 1.34. The van der Waals surface area contributed by atoms with Crippen molar-refractivity contribution >= 4 is 47.8 Å². The number of hydrogen-bond acceptors (Lipinski definition) is 1. The van der Waals surface area contributed by atoms with E-state index >= 15 is 0 Å². The second kappa shape index (κ2) is 8.20. The predicted molar refractivity (Wildman–Crippen MR) is 94.9 cm³/mol. The molecule has 2 aromatic carbocycles. The number of alkyl halides is 1. The summed E-state index contributed by atoms with van der Waals surface area (Å²) in [4.78, 5) is 0. The first kappa shape index (κ1) is 16.1. The van der Waals surface area contributed by atoms with Crippen LogP contribution in [0.5, 0.6) is 5.75 Å². The van der Waals surface area contributed by atoms with Gasteiger partial charge in [0.1, 0.15) is 5.75 Å². The third-order valence-corrected chi connectivity index (χ3v) is 4.86. The molecular formula is C16H15Br3O. The molecule has 0 aliphatic heterocycles. The normalized spacial score (nSPS) is 12.2. The molecule has 1 unspecified atom stereocenters. The van der Waals surface area contributed by atoms with Crippen molar-refractivity contribution in [1.82, 2.24) is 0 Å². The molecule has 1 atom stereocenters. The minimum Gasteiger partial charge on any atom is -0.494 e. The highest BCUT2D eigenvalue weighted by atomic mass is 79.9. The molecule has 0 spiro atoms. The van der Waals surface area contributed by atoms with E-state index < -0.39 is 0 Å². The van der Waals surface area contributed by atoms with Crippen LogP contribution >= 0.6 is 47.8 Å². The molecule has 20 heavy (non-hydrogen) atoms. The maximum Gasteiger partial charge on any atom is 0.120 e. The third-order valence-electron chi connectivity index (χ3n) is 3.06. The van der Waals surface area contributed by atoms with E-state index in [0.29, 0.717) is 12.5 Å². The quantitative estimate of drug-likeness (QED) is 0.467. The van der Waals surface area contributed by atoms with Crippen LogP contribution in [0.3, 0.4) is 0 Å². The van der Waals surface area contributed by atoms with Gasteiger partial charge in [-0.25, -0.2) is 0 Å². The molecule has 4 heteroatoms. The van der Waals surface area contributed by atoms with E-state index in [0.717, 1.165) is 26.4 Å². The first-order chi connectivity index (χ1) is 9.69. The minimum atomic E-state index is 0.468. The van der Waals surface area contributed by atoms with Crippen LogP contribution in [0.4, 0.5) is 0 Å². The van der Waals surface area contributed by atoms with E-state index in [1.54, 1.807) is 0 Å². The molecule has 1 nitrogen and oxygen atoms in total. The lowest BCUT2D eigenvalue weighted by atomic mass is 9.98. The Bertz CT molecular complexity index is 540. The Hall–Kier alpha value is -0.320. The van der Waals surface area contributed by atoms with Crippen LogP contribution in [0.25, 0.3) is 0 Å². The van der Waals surface area contributed by atoms with Crippen LogP contribution in [0.15, 0.2) is 57.5 Å². The standard InChI is InChI=1S/C16H15Br3O/c17-11-13(12-4-6-14(18)7-5-12)8-9-20-16-3-1-2-15(19)10-16/h1-7,10,13H,8-9,11H2. The van der Waals surface area contributed by atoms with Crippen molar-refractivity contribution in [2.45, 2.75) is 12.3 Å². The topological polar surface area (TPSA) is 9.23 Å². The largest absolute Gasteiger partial charge is 0.494 e. The molecule has 0 N–H and O–H groups in total. The summed E-state index contributed by atoms with van der Waals surface area (Å²) < 4.78 is 7.96. The maximum atomic E-state index is 5.80. The summed E-state index contributed by atoms with van der Waals surface area (Å²) >= 11 is 10.5. The predicted octanol–water partition coefficient (Wildman–Crippen LogP) is 6.16. The summed E-state index contributed by atoms with van der Waals surface area (Å²) in [6.07, 6.45) is 0.986. The zero-order valence-electron chi connectivity index (χ0n) is 10.9. The summed E-state index contributed by atoms with van der Waals surface area (Å²) in [5.74, 6) is 1.37. The third kappa shape index (κ3) is 4.90. The Morgan fingerprint density at radius 1 is 0.950 bits per heavy atom. The first-order valence-corrected chi connectivity index (χ1v) is 9.09. The lowest BCUT2D eigenvalue weighted by Crippen LogP contribution is -2.07. The highest BCUT2D eigenvalue weighted by molar-refractivity contribution is 9.10. The van der Waals surface area contributed by atoms with Gasteiger partial charge in [-0.2, -0.15) is 0 Å². The van der Waals surface area contributed by atoms with Gasteiger partial charge in [-0.05, 0) is 48.2 Å². The van der Waals surface area contributed by atoms with Crippen molar-refractivity contribution in [1.29, 1.82) is 0 Å². The molecule has 0 bridgehead atoms. The number of rotatable bonds is 6. The van der Waals surface area contributed by atoms with Crippen LogP contribution < -0.4 is 4.74 Å². The van der Waals surface area contributed by atoms with Gasteiger partial charge < -0.3 is 4.74 Å². The van der Waals surface area contributed by atoms with Crippen LogP contribution in [0.2, 0.25) is 0 Å². The lowest BCUT2D eigenvalue weighted by molar-refractivity contribution is 0.301. The fourth-order valence-electron chi connectivity index (χ4n) is 1.94. The van der Waals surface area contributed by atoms with Gasteiger partial charge >= 0.3 is 0 Å². The number of benzene rings is 2. The molecule has 2 rings (SSSR count). The molecule has 0 amide bonds. The molecule has 0 heterocycles. The first-order valence-electron chi connectivity index (χ1n) is 6.39. The van der Waals surface area contributed by atoms with E-state index in [9.17, 15) is 0 Å². The Balaban J connectivity index is 1.89. The second-order valence-electron chi connectivity index (χ2n) is 4.50. The molecule has 2 aromatic rings. The SMILES string of the molecule is BrCC(CCOc1cccc(Br)c1)c1ccc(Br)cc1. The minimum absolute atomic E-state index is 0.468. The van der Waals surface area contributed by atoms with Gasteiger partial charge in [0.15, 0.2) is 0 Å². The van der Waals surface area contributed by atoms with Gasteiger partial charge in [0, 0.05) is 14.3 Å². The zero-order valence-corrected chi connectivity index (χ0v) is 15.6. The summed E-state index contributed by atoms with van der Waals surface area (Å²) in [6.45, 7) is 0.711. The van der Waals surface area contributed by atoms with E-state index in [-0.39, 0.29) is 0 Å². The zero-order chi connectivity index (χ0) is 14.4. The van der Waals surface area contributed by atoms with Crippen LogP contribution in [0, 0.1) is 0 Å². The fourth-order valence-corrected chi connectivity index (χ4v) is 3.28. The van der Waals surface area contributed by atoms with Crippen LogP contribution in [0.1, 0.15) is 17.9 Å². The average Bonchev–Trinajstić information content (AvgIpc) is 2.45. The van der Waals surface area contributed by atoms with Crippen molar-refractivity contribution in [2.75, 3.05) is 11.9 Å². The lowest BCUT2D eigenvalue weighted by Gasteiger charge is -2.15. The van der Waals surface area contributed by atoms with Gasteiger partial charge in [-0.1, -0.05) is 66.0 Å². The average molecular weight is 463 g/mol. The van der Waals surface area contributed by atoms with E-state index in [1.165, 1.54) is 5.56 Å². The smallest absolute Gasteiger partial charge is 0.120 e. The van der Waals surface area contributed by atoms with Crippen molar-refractivity contribution in [2.24, 2.45) is 0 Å². The molecule has 0 aliphatic carbocycles. The Labute approximate surface area is 145 Å². The van der Waals surface area contributed by atoms with E-state index in [1.807, 2.05) is 24.3 Å². The monoisotopic (exact) mass is 460 g/mol. The fraction of sp³-hybridized carbons (Fsp3) is 0.250. The molecule has 106 valence electrons. The maximum absolute atomic E-state index is 5.80. The van der Waals surface area contributed by atoms with Gasteiger partial charge in [0.25, 0.3) is 0 Å². The summed E-state index contributed by atoms with van der Waals surface area (Å²) in [6, 6.07) is 16.4. The molecule has 0 aromatic heterocycles. The summed E-state index contributed by atoms with van der Waals surface area (Å²) in [5, 5.41) is 0.941. The number of ether oxygens (including phenoxy) is 1. The summed E-state index contributed by atoms with van der Waals surface area (Å²) in [7, 11) is 0. The van der Waals surface area contributed by atoms with Crippen molar-refractivity contribution in [3.63, 3.8) is 0 Å². The van der Waals surface area contributed by atoms with Gasteiger partial charge in [-0.15, -0.1) is 0 Å². The highest BCUT2D eigenvalue weighted by Crippen LogP contribution is 2.25. The second-order valence-corrected chi connectivity index (χ2v) is 6.98. The molecule has 0 aliphatic rings. The number of halogens is 3.